The number of aromatic amines is 1. The summed E-state index contributed by atoms with van der Waals surface area (Å²) in [6, 6.07) is 12.2. The summed E-state index contributed by atoms with van der Waals surface area (Å²) in [5.41, 5.74) is 2.16. The summed E-state index contributed by atoms with van der Waals surface area (Å²) in [6.45, 7) is 4.12. The van der Waals surface area contributed by atoms with Gasteiger partial charge in [0.15, 0.2) is 5.82 Å². The largest absolute Gasteiger partial charge is 0.250 e. The second-order valence-corrected chi connectivity index (χ2v) is 6.43. The van der Waals surface area contributed by atoms with Crippen LogP contribution in [0.4, 0.5) is 0 Å². The molecular formula is C15H14N4S2. The molecule has 0 atom stereocenters. The van der Waals surface area contributed by atoms with Crippen LogP contribution in [0.3, 0.4) is 0 Å². The Morgan fingerprint density at radius 3 is 2.86 bits per heavy atom. The van der Waals surface area contributed by atoms with Gasteiger partial charge in [-0.3, -0.25) is 0 Å². The van der Waals surface area contributed by atoms with Crippen LogP contribution in [0.15, 0.2) is 41.5 Å². The molecule has 2 heterocycles. The van der Waals surface area contributed by atoms with Gasteiger partial charge in [0.2, 0.25) is 4.77 Å². The molecule has 1 aromatic carbocycles. The minimum absolute atomic E-state index is 0.482. The zero-order valence-electron chi connectivity index (χ0n) is 11.7. The van der Waals surface area contributed by atoms with Gasteiger partial charge in [-0.25, -0.2) is 5.10 Å². The van der Waals surface area contributed by atoms with Gasteiger partial charge < -0.3 is 0 Å². The fraction of sp³-hybridized carbons (Fsp3) is 0.133. The molecule has 0 unspecified atom stereocenters. The lowest BCUT2D eigenvalue weighted by Crippen LogP contribution is -1.94. The number of hydrogen-bond acceptors (Lipinski definition) is 4. The predicted molar refractivity (Wildman–Crippen MR) is 89.6 cm³/mol. The third-order valence-electron chi connectivity index (χ3n) is 2.99. The summed E-state index contributed by atoms with van der Waals surface area (Å²) in [5, 5.41) is 11.5. The molecule has 0 aliphatic rings. The Labute approximate surface area is 131 Å². The van der Waals surface area contributed by atoms with Crippen LogP contribution in [-0.4, -0.2) is 21.1 Å². The van der Waals surface area contributed by atoms with Gasteiger partial charge in [-0.1, -0.05) is 23.8 Å². The molecule has 0 fully saturated rings. The van der Waals surface area contributed by atoms with Crippen molar-refractivity contribution in [2.24, 2.45) is 5.10 Å². The number of nitrogens with zero attached hydrogens (tertiary/aromatic N) is 3. The normalized spacial score (nSPS) is 11.3. The van der Waals surface area contributed by atoms with Crippen LogP contribution < -0.4 is 0 Å². The van der Waals surface area contributed by atoms with Crippen LogP contribution in [0, 0.1) is 18.6 Å². The summed E-state index contributed by atoms with van der Waals surface area (Å²) in [5.74, 6) is 0.716. The molecule has 1 N–H and O–H groups in total. The molecule has 0 aliphatic heterocycles. The zero-order chi connectivity index (χ0) is 14.8. The third kappa shape index (κ3) is 3.01. The molecule has 3 aromatic rings. The second kappa shape index (κ2) is 5.75. The van der Waals surface area contributed by atoms with Gasteiger partial charge >= 0.3 is 0 Å². The maximum Gasteiger partial charge on any atom is 0.216 e. The quantitative estimate of drug-likeness (QED) is 0.582. The van der Waals surface area contributed by atoms with E-state index in [4.69, 9.17) is 12.2 Å². The van der Waals surface area contributed by atoms with E-state index >= 15 is 0 Å². The average Bonchev–Trinajstić information content (AvgIpc) is 3.03. The first-order valence-electron chi connectivity index (χ1n) is 6.49. The van der Waals surface area contributed by atoms with Crippen molar-refractivity contribution in [1.82, 2.24) is 14.9 Å². The monoisotopic (exact) mass is 314 g/mol. The van der Waals surface area contributed by atoms with Crippen molar-refractivity contribution < 1.29 is 0 Å². The first-order chi connectivity index (χ1) is 10.1. The van der Waals surface area contributed by atoms with Crippen molar-refractivity contribution in [3.05, 3.63) is 56.5 Å². The lowest BCUT2D eigenvalue weighted by molar-refractivity contribution is 0.872. The Morgan fingerprint density at radius 2 is 2.14 bits per heavy atom. The van der Waals surface area contributed by atoms with E-state index in [1.807, 2.05) is 37.4 Å². The van der Waals surface area contributed by atoms with Crippen molar-refractivity contribution in [1.29, 1.82) is 0 Å². The van der Waals surface area contributed by atoms with E-state index in [9.17, 15) is 0 Å². The maximum absolute atomic E-state index is 5.26. The van der Waals surface area contributed by atoms with E-state index in [-0.39, 0.29) is 0 Å². The first kappa shape index (κ1) is 13.9. The second-order valence-electron chi connectivity index (χ2n) is 4.73. The van der Waals surface area contributed by atoms with Gasteiger partial charge in [-0.2, -0.15) is 14.9 Å². The van der Waals surface area contributed by atoms with E-state index in [1.165, 1.54) is 10.4 Å². The molecule has 0 saturated heterocycles. The van der Waals surface area contributed by atoms with Crippen LogP contribution in [-0.2, 0) is 0 Å². The molecule has 6 heteroatoms. The molecule has 0 aliphatic carbocycles. The van der Waals surface area contributed by atoms with Crippen molar-refractivity contribution in [2.75, 3.05) is 0 Å². The summed E-state index contributed by atoms with van der Waals surface area (Å²) in [6.07, 6.45) is 1.81. The Kier molecular flexibility index (Phi) is 3.81. The molecule has 4 nitrogen and oxygen atoms in total. The smallest absolute Gasteiger partial charge is 0.216 e. The molecule has 0 saturated carbocycles. The first-order valence-corrected chi connectivity index (χ1v) is 7.71. The van der Waals surface area contributed by atoms with E-state index < -0.39 is 0 Å². The molecule has 21 heavy (non-hydrogen) atoms. The third-order valence-corrected chi connectivity index (χ3v) is 4.19. The van der Waals surface area contributed by atoms with E-state index in [0.717, 1.165) is 10.4 Å². The fourth-order valence-corrected chi connectivity index (χ4v) is 2.93. The number of thiophene rings is 1. The topological polar surface area (TPSA) is 46.0 Å². The molecule has 0 spiro atoms. The van der Waals surface area contributed by atoms with Crippen molar-refractivity contribution in [3.63, 3.8) is 0 Å². The highest BCUT2D eigenvalue weighted by Crippen LogP contribution is 2.19. The van der Waals surface area contributed by atoms with Gasteiger partial charge in [0.25, 0.3) is 0 Å². The van der Waals surface area contributed by atoms with Gasteiger partial charge in [0.1, 0.15) is 0 Å². The minimum atomic E-state index is 0.482. The predicted octanol–water partition coefficient (Wildman–Crippen LogP) is 4.17. The van der Waals surface area contributed by atoms with Crippen LogP contribution in [0.5, 0.6) is 0 Å². The Hall–Kier alpha value is -2.05. The molecular weight excluding hydrogens is 300 g/mol. The molecule has 106 valence electrons. The van der Waals surface area contributed by atoms with E-state index in [1.54, 1.807) is 16.0 Å². The highest BCUT2D eigenvalue weighted by atomic mass is 32.1. The Morgan fingerprint density at radius 1 is 1.29 bits per heavy atom. The number of benzene rings is 1. The van der Waals surface area contributed by atoms with Gasteiger partial charge in [0, 0.05) is 15.3 Å². The molecule has 0 amide bonds. The minimum Gasteiger partial charge on any atom is -0.250 e. The molecule has 3 rings (SSSR count). The number of aryl methyl sites for hydroxylation is 2. The van der Waals surface area contributed by atoms with Gasteiger partial charge in [-0.15, -0.1) is 11.3 Å². The highest BCUT2D eigenvalue weighted by Gasteiger charge is 2.08. The average molecular weight is 314 g/mol. The SMILES string of the molecule is Cc1cccc(-c2n[nH]c(=S)n2N=Cc2ccc(C)s2)c1. The summed E-state index contributed by atoms with van der Waals surface area (Å²) in [7, 11) is 0. The van der Waals surface area contributed by atoms with Crippen molar-refractivity contribution in [3.8, 4) is 11.4 Å². The maximum atomic E-state index is 5.26. The summed E-state index contributed by atoms with van der Waals surface area (Å²) >= 11 is 6.95. The lowest BCUT2D eigenvalue weighted by Gasteiger charge is -2.01. The number of H-pyrrole nitrogens is 1. The van der Waals surface area contributed by atoms with Crippen LogP contribution in [0.25, 0.3) is 11.4 Å². The standard InChI is InChI=1S/C15H14N4S2/c1-10-4-3-5-12(8-10)14-17-18-15(20)19(14)16-9-13-7-6-11(2)21-13/h3-9H,1-2H3,(H,18,20). The number of nitrogens with one attached hydrogen (secondary N) is 1. The zero-order valence-corrected chi connectivity index (χ0v) is 13.3. The lowest BCUT2D eigenvalue weighted by atomic mass is 10.1. The Balaban J connectivity index is 2.01. The number of aromatic nitrogens is 3. The molecule has 0 radical (unpaired) electrons. The van der Waals surface area contributed by atoms with Gasteiger partial charge in [-0.05, 0) is 44.3 Å². The van der Waals surface area contributed by atoms with Crippen LogP contribution in [0.2, 0.25) is 0 Å². The van der Waals surface area contributed by atoms with Crippen LogP contribution in [0.1, 0.15) is 15.3 Å². The van der Waals surface area contributed by atoms with E-state index in [0.29, 0.717) is 10.6 Å². The van der Waals surface area contributed by atoms with Crippen molar-refractivity contribution >= 4 is 29.8 Å². The number of hydrogen-bond donors (Lipinski definition) is 1. The van der Waals surface area contributed by atoms with E-state index in [2.05, 4.69) is 34.4 Å². The van der Waals surface area contributed by atoms with Crippen LogP contribution >= 0.6 is 23.6 Å². The summed E-state index contributed by atoms with van der Waals surface area (Å²) in [4.78, 5) is 2.34. The molecule has 0 bridgehead atoms. The van der Waals surface area contributed by atoms with Crippen molar-refractivity contribution in [2.45, 2.75) is 13.8 Å². The highest BCUT2D eigenvalue weighted by molar-refractivity contribution is 7.71. The van der Waals surface area contributed by atoms with Gasteiger partial charge in [0.05, 0.1) is 6.21 Å². The molecule has 2 aromatic heterocycles. The Bertz CT molecular complexity index is 854. The fourth-order valence-electron chi connectivity index (χ4n) is 2.01. The summed E-state index contributed by atoms with van der Waals surface area (Å²) < 4.78 is 2.13. The number of rotatable bonds is 3.